The fraction of sp³-hybridized carbons (Fsp3) is 0.0714. The van der Waals surface area contributed by atoms with Crippen molar-refractivity contribution in [3.8, 4) is 5.69 Å². The summed E-state index contributed by atoms with van der Waals surface area (Å²) in [6, 6.07) is 10.4. The Morgan fingerprint density at radius 3 is 2.61 bits per heavy atom. The molecular weight excluding hydrogens is 295 g/mol. The summed E-state index contributed by atoms with van der Waals surface area (Å²) in [5.74, 6) is -0.242. The van der Waals surface area contributed by atoms with Gasteiger partial charge in [0.1, 0.15) is 5.82 Å². The average Bonchev–Trinajstić information content (AvgIpc) is 2.74. The molecule has 0 radical (unpaired) electrons. The van der Waals surface area contributed by atoms with E-state index in [1.807, 2.05) is 23.9 Å². The van der Waals surface area contributed by atoms with Crippen molar-refractivity contribution in [1.82, 2.24) is 9.78 Å². The van der Waals surface area contributed by atoms with Crippen LogP contribution in [0.3, 0.4) is 0 Å². The molecule has 0 N–H and O–H groups in total. The number of halogens is 2. The Labute approximate surface area is 112 Å². The number of rotatable bonds is 1. The average molecular weight is 305 g/mol. The Morgan fingerprint density at radius 1 is 1.17 bits per heavy atom. The molecule has 0 atom stereocenters. The van der Waals surface area contributed by atoms with Crippen LogP contribution >= 0.6 is 15.9 Å². The van der Waals surface area contributed by atoms with Crippen molar-refractivity contribution >= 4 is 26.8 Å². The Bertz CT molecular complexity index is 716. The van der Waals surface area contributed by atoms with Gasteiger partial charge in [-0.05, 0) is 48.9 Å². The second kappa shape index (κ2) is 4.21. The Kier molecular flexibility index (Phi) is 2.67. The molecule has 0 aliphatic rings. The first-order chi connectivity index (χ1) is 8.65. The molecule has 0 bridgehead atoms. The molecule has 0 saturated carbocycles. The molecule has 2 nitrogen and oxygen atoms in total. The number of hydrogen-bond donors (Lipinski definition) is 0. The lowest BCUT2D eigenvalue weighted by molar-refractivity contribution is 0.627. The third-order valence-corrected chi connectivity index (χ3v) is 3.77. The molecule has 0 fully saturated rings. The lowest BCUT2D eigenvalue weighted by Gasteiger charge is -2.05. The summed E-state index contributed by atoms with van der Waals surface area (Å²) in [5.41, 5.74) is 3.02. The van der Waals surface area contributed by atoms with Crippen molar-refractivity contribution in [3.05, 3.63) is 58.4 Å². The molecule has 0 amide bonds. The Hall–Kier alpha value is -1.68. The number of aryl methyl sites for hydroxylation is 1. The van der Waals surface area contributed by atoms with Gasteiger partial charge in [0.05, 0.1) is 17.4 Å². The van der Waals surface area contributed by atoms with Crippen LogP contribution in [0.2, 0.25) is 0 Å². The Morgan fingerprint density at radius 2 is 1.89 bits per heavy atom. The third kappa shape index (κ3) is 1.82. The molecule has 0 unspecified atom stereocenters. The van der Waals surface area contributed by atoms with Crippen LogP contribution in [0, 0.1) is 12.7 Å². The van der Waals surface area contributed by atoms with Gasteiger partial charge in [-0.25, -0.2) is 9.07 Å². The van der Waals surface area contributed by atoms with Gasteiger partial charge in [0.15, 0.2) is 0 Å². The molecule has 2 aromatic carbocycles. The van der Waals surface area contributed by atoms with E-state index in [9.17, 15) is 4.39 Å². The van der Waals surface area contributed by atoms with Gasteiger partial charge in [0.2, 0.25) is 0 Å². The van der Waals surface area contributed by atoms with E-state index in [2.05, 4.69) is 27.1 Å². The molecule has 90 valence electrons. The minimum absolute atomic E-state index is 0.242. The second-order valence-electron chi connectivity index (χ2n) is 4.19. The van der Waals surface area contributed by atoms with Gasteiger partial charge in [-0.2, -0.15) is 5.10 Å². The van der Waals surface area contributed by atoms with E-state index in [1.165, 1.54) is 12.1 Å². The van der Waals surface area contributed by atoms with E-state index in [1.54, 1.807) is 12.1 Å². The predicted molar refractivity (Wildman–Crippen MR) is 73.5 cm³/mol. The maximum Gasteiger partial charge on any atom is 0.123 e. The van der Waals surface area contributed by atoms with Crippen molar-refractivity contribution in [1.29, 1.82) is 0 Å². The lowest BCUT2D eigenvalue weighted by Crippen LogP contribution is -1.96. The molecule has 18 heavy (non-hydrogen) atoms. The first kappa shape index (κ1) is 11.4. The number of nitrogens with zero attached hydrogens (tertiary/aromatic N) is 2. The van der Waals surface area contributed by atoms with Crippen molar-refractivity contribution in [2.24, 2.45) is 0 Å². The third-order valence-electron chi connectivity index (χ3n) is 2.92. The zero-order valence-corrected chi connectivity index (χ0v) is 11.3. The quantitative estimate of drug-likeness (QED) is 0.657. The first-order valence-corrected chi connectivity index (χ1v) is 6.34. The summed E-state index contributed by atoms with van der Waals surface area (Å²) < 4.78 is 15.8. The van der Waals surface area contributed by atoms with Crippen molar-refractivity contribution in [2.45, 2.75) is 6.92 Å². The van der Waals surface area contributed by atoms with Crippen LogP contribution in [0.4, 0.5) is 4.39 Å². The van der Waals surface area contributed by atoms with Crippen LogP contribution in [0.5, 0.6) is 0 Å². The smallest absolute Gasteiger partial charge is 0.123 e. The number of benzene rings is 2. The molecular formula is C14H10BrFN2. The van der Waals surface area contributed by atoms with E-state index < -0.39 is 0 Å². The minimum atomic E-state index is -0.242. The fourth-order valence-corrected chi connectivity index (χ4v) is 2.30. The monoisotopic (exact) mass is 304 g/mol. The highest BCUT2D eigenvalue weighted by atomic mass is 79.9. The van der Waals surface area contributed by atoms with Crippen LogP contribution in [-0.4, -0.2) is 9.78 Å². The van der Waals surface area contributed by atoms with Crippen LogP contribution in [0.15, 0.2) is 47.1 Å². The summed E-state index contributed by atoms with van der Waals surface area (Å²) in [4.78, 5) is 0. The molecule has 1 aromatic heterocycles. The molecule has 4 heteroatoms. The van der Waals surface area contributed by atoms with Gasteiger partial charge in [0, 0.05) is 9.86 Å². The highest BCUT2D eigenvalue weighted by molar-refractivity contribution is 9.10. The Balaban J connectivity index is 2.23. The zero-order chi connectivity index (χ0) is 12.7. The van der Waals surface area contributed by atoms with Gasteiger partial charge in [0.25, 0.3) is 0 Å². The lowest BCUT2D eigenvalue weighted by atomic mass is 10.2. The molecule has 1 heterocycles. The van der Waals surface area contributed by atoms with Gasteiger partial charge >= 0.3 is 0 Å². The van der Waals surface area contributed by atoms with E-state index in [0.29, 0.717) is 0 Å². The largest absolute Gasteiger partial charge is 0.233 e. The SMILES string of the molecule is Cc1cc2c(cnn2-c2ccc(F)cc2)cc1Br. The van der Waals surface area contributed by atoms with E-state index in [-0.39, 0.29) is 5.82 Å². The number of hydrogen-bond acceptors (Lipinski definition) is 1. The molecule has 0 aliphatic heterocycles. The van der Waals surface area contributed by atoms with Crippen LogP contribution < -0.4 is 0 Å². The topological polar surface area (TPSA) is 17.8 Å². The van der Waals surface area contributed by atoms with Crippen molar-refractivity contribution in [2.75, 3.05) is 0 Å². The van der Waals surface area contributed by atoms with Crippen LogP contribution in [0.1, 0.15) is 5.56 Å². The molecule has 3 aromatic rings. The highest BCUT2D eigenvalue weighted by Crippen LogP contribution is 2.25. The molecule has 0 spiro atoms. The van der Waals surface area contributed by atoms with Gasteiger partial charge in [-0.15, -0.1) is 0 Å². The number of fused-ring (bicyclic) bond motifs is 1. The van der Waals surface area contributed by atoms with E-state index in [0.717, 1.165) is 26.6 Å². The maximum atomic E-state index is 12.9. The van der Waals surface area contributed by atoms with Crippen LogP contribution in [0.25, 0.3) is 16.6 Å². The fourth-order valence-electron chi connectivity index (χ4n) is 1.94. The van der Waals surface area contributed by atoms with Gasteiger partial charge < -0.3 is 0 Å². The zero-order valence-electron chi connectivity index (χ0n) is 9.69. The summed E-state index contributed by atoms with van der Waals surface area (Å²) in [7, 11) is 0. The van der Waals surface area contributed by atoms with E-state index >= 15 is 0 Å². The second-order valence-corrected chi connectivity index (χ2v) is 5.05. The maximum absolute atomic E-state index is 12.9. The standard InChI is InChI=1S/C14H10BrFN2/c1-9-6-14-10(7-13(9)15)8-17-18(14)12-4-2-11(16)3-5-12/h2-8H,1H3. The summed E-state index contributed by atoms with van der Waals surface area (Å²) in [6.07, 6.45) is 1.81. The van der Waals surface area contributed by atoms with E-state index in [4.69, 9.17) is 0 Å². The van der Waals surface area contributed by atoms with Gasteiger partial charge in [-0.3, -0.25) is 0 Å². The van der Waals surface area contributed by atoms with Gasteiger partial charge in [-0.1, -0.05) is 15.9 Å². The summed E-state index contributed by atoms with van der Waals surface area (Å²) in [6.45, 7) is 2.03. The van der Waals surface area contributed by atoms with Crippen molar-refractivity contribution in [3.63, 3.8) is 0 Å². The summed E-state index contributed by atoms with van der Waals surface area (Å²) in [5, 5.41) is 5.40. The molecule has 0 saturated heterocycles. The molecule has 3 rings (SSSR count). The molecule has 0 aliphatic carbocycles. The first-order valence-electron chi connectivity index (χ1n) is 5.55. The number of aromatic nitrogens is 2. The summed E-state index contributed by atoms with van der Waals surface area (Å²) >= 11 is 3.50. The highest BCUT2D eigenvalue weighted by Gasteiger charge is 2.07. The van der Waals surface area contributed by atoms with Crippen LogP contribution in [-0.2, 0) is 0 Å². The van der Waals surface area contributed by atoms with Crippen molar-refractivity contribution < 1.29 is 4.39 Å². The minimum Gasteiger partial charge on any atom is -0.233 e. The normalized spacial score (nSPS) is 11.1. The predicted octanol–water partition coefficient (Wildman–Crippen LogP) is 4.24.